The van der Waals surface area contributed by atoms with Crippen LogP contribution in [0.25, 0.3) is 0 Å². The molecule has 1 atom stereocenters. The molecule has 1 aliphatic rings. The first kappa shape index (κ1) is 10.7. The molecule has 2 rings (SSSR count). The number of piperidine rings is 1. The van der Waals surface area contributed by atoms with E-state index in [4.69, 9.17) is 0 Å². The van der Waals surface area contributed by atoms with Crippen molar-refractivity contribution in [3.8, 4) is 0 Å². The van der Waals surface area contributed by atoms with E-state index in [1.807, 2.05) is 6.92 Å². The largest absolute Gasteiger partial charge is 0.379 e. The van der Waals surface area contributed by atoms with E-state index in [0.29, 0.717) is 5.92 Å². The van der Waals surface area contributed by atoms with Crippen LogP contribution in [-0.2, 0) is 0 Å². The molecule has 1 heterocycles. The normalized spacial score (nSPS) is 21.5. The molecule has 2 nitrogen and oxygen atoms in total. The Hall–Kier alpha value is -0.860. The van der Waals surface area contributed by atoms with Gasteiger partial charge in [0.1, 0.15) is 6.23 Å². The molecule has 0 aromatic heterocycles. The summed E-state index contributed by atoms with van der Waals surface area (Å²) in [6.45, 7) is 3.87. The van der Waals surface area contributed by atoms with Gasteiger partial charge in [-0.15, -0.1) is 0 Å². The van der Waals surface area contributed by atoms with Gasteiger partial charge < -0.3 is 5.11 Å². The topological polar surface area (TPSA) is 23.5 Å². The number of rotatable bonds is 2. The zero-order valence-electron chi connectivity index (χ0n) is 9.26. The van der Waals surface area contributed by atoms with Crippen LogP contribution in [0, 0.1) is 0 Å². The van der Waals surface area contributed by atoms with Gasteiger partial charge >= 0.3 is 0 Å². The van der Waals surface area contributed by atoms with E-state index in [0.717, 1.165) is 25.9 Å². The molecule has 0 amide bonds. The standard InChI is InChI=1S/C13H19NO/c1-11(15)14-9-7-13(8-10-14)12-5-3-2-4-6-12/h2-6,11,13,15H,7-10H2,1H3. The zero-order chi connectivity index (χ0) is 10.7. The fourth-order valence-corrected chi connectivity index (χ4v) is 2.33. The van der Waals surface area contributed by atoms with Crippen molar-refractivity contribution in [2.75, 3.05) is 13.1 Å². The van der Waals surface area contributed by atoms with Gasteiger partial charge in [-0.1, -0.05) is 30.3 Å². The predicted octanol–water partition coefficient (Wildman–Crippen LogP) is 2.20. The molecule has 0 saturated carbocycles. The van der Waals surface area contributed by atoms with Crippen LogP contribution in [0.1, 0.15) is 31.2 Å². The maximum absolute atomic E-state index is 9.46. The van der Waals surface area contributed by atoms with Crippen LogP contribution in [0.5, 0.6) is 0 Å². The molecular weight excluding hydrogens is 186 g/mol. The second-order valence-corrected chi connectivity index (χ2v) is 4.35. The van der Waals surface area contributed by atoms with E-state index >= 15 is 0 Å². The van der Waals surface area contributed by atoms with Gasteiger partial charge in [0.2, 0.25) is 0 Å². The lowest BCUT2D eigenvalue weighted by molar-refractivity contribution is 0.00305. The van der Waals surface area contributed by atoms with Crippen molar-refractivity contribution in [1.82, 2.24) is 4.90 Å². The van der Waals surface area contributed by atoms with Crippen molar-refractivity contribution in [3.63, 3.8) is 0 Å². The number of nitrogens with zero attached hydrogens (tertiary/aromatic N) is 1. The third-order valence-electron chi connectivity index (χ3n) is 3.33. The number of hydrogen-bond acceptors (Lipinski definition) is 2. The van der Waals surface area contributed by atoms with Gasteiger partial charge in [0.15, 0.2) is 0 Å². The van der Waals surface area contributed by atoms with Gasteiger partial charge in [-0.05, 0) is 31.2 Å². The molecular formula is C13H19NO. The zero-order valence-corrected chi connectivity index (χ0v) is 9.26. The molecule has 1 aliphatic heterocycles. The summed E-state index contributed by atoms with van der Waals surface area (Å²) in [7, 11) is 0. The van der Waals surface area contributed by atoms with Crippen molar-refractivity contribution in [1.29, 1.82) is 0 Å². The molecule has 1 aromatic carbocycles. The molecule has 82 valence electrons. The minimum absolute atomic E-state index is 0.290. The van der Waals surface area contributed by atoms with Crippen molar-refractivity contribution in [2.45, 2.75) is 31.9 Å². The van der Waals surface area contributed by atoms with E-state index < -0.39 is 0 Å². The smallest absolute Gasteiger partial charge is 0.104 e. The highest BCUT2D eigenvalue weighted by Crippen LogP contribution is 2.28. The Labute approximate surface area is 91.5 Å². The van der Waals surface area contributed by atoms with Crippen LogP contribution in [0.2, 0.25) is 0 Å². The first-order valence-electron chi connectivity index (χ1n) is 5.74. The molecule has 1 N–H and O–H groups in total. The fourth-order valence-electron chi connectivity index (χ4n) is 2.33. The highest BCUT2D eigenvalue weighted by molar-refractivity contribution is 5.19. The lowest BCUT2D eigenvalue weighted by Gasteiger charge is -2.33. The van der Waals surface area contributed by atoms with Crippen LogP contribution in [-0.4, -0.2) is 29.3 Å². The maximum Gasteiger partial charge on any atom is 0.104 e. The third kappa shape index (κ3) is 2.58. The molecule has 1 unspecified atom stereocenters. The number of likely N-dealkylation sites (tertiary alicyclic amines) is 1. The van der Waals surface area contributed by atoms with Gasteiger partial charge in [0.25, 0.3) is 0 Å². The Bertz CT molecular complexity index is 289. The summed E-state index contributed by atoms with van der Waals surface area (Å²) in [5.41, 5.74) is 1.45. The Kier molecular flexibility index (Phi) is 3.39. The average molecular weight is 205 g/mol. The molecule has 15 heavy (non-hydrogen) atoms. The van der Waals surface area contributed by atoms with Crippen LogP contribution in [0.4, 0.5) is 0 Å². The Morgan fingerprint density at radius 2 is 1.80 bits per heavy atom. The minimum atomic E-state index is -0.290. The first-order chi connectivity index (χ1) is 7.27. The van der Waals surface area contributed by atoms with Crippen LogP contribution in [0.15, 0.2) is 30.3 Å². The number of aliphatic hydroxyl groups is 1. The van der Waals surface area contributed by atoms with E-state index in [1.165, 1.54) is 5.56 Å². The van der Waals surface area contributed by atoms with E-state index in [-0.39, 0.29) is 6.23 Å². The summed E-state index contributed by atoms with van der Waals surface area (Å²) in [5.74, 6) is 0.682. The second-order valence-electron chi connectivity index (χ2n) is 4.35. The minimum Gasteiger partial charge on any atom is -0.379 e. The van der Waals surface area contributed by atoms with Crippen LogP contribution >= 0.6 is 0 Å². The van der Waals surface area contributed by atoms with Crippen molar-refractivity contribution in [2.24, 2.45) is 0 Å². The van der Waals surface area contributed by atoms with Gasteiger partial charge in [-0.3, -0.25) is 4.90 Å². The summed E-state index contributed by atoms with van der Waals surface area (Å²) in [6.07, 6.45) is 2.03. The molecule has 0 spiro atoms. The maximum atomic E-state index is 9.46. The monoisotopic (exact) mass is 205 g/mol. The molecule has 2 heteroatoms. The van der Waals surface area contributed by atoms with Crippen LogP contribution in [0.3, 0.4) is 0 Å². The molecule has 0 radical (unpaired) electrons. The fraction of sp³-hybridized carbons (Fsp3) is 0.538. The second kappa shape index (κ2) is 4.77. The van der Waals surface area contributed by atoms with Crippen molar-refractivity contribution < 1.29 is 5.11 Å². The molecule has 1 aromatic rings. The SMILES string of the molecule is CC(O)N1CCC(c2ccccc2)CC1. The van der Waals surface area contributed by atoms with Crippen molar-refractivity contribution >= 4 is 0 Å². The Morgan fingerprint density at radius 3 is 2.33 bits per heavy atom. The van der Waals surface area contributed by atoms with E-state index in [9.17, 15) is 5.11 Å². The number of hydrogen-bond donors (Lipinski definition) is 1. The average Bonchev–Trinajstić information content (AvgIpc) is 2.30. The van der Waals surface area contributed by atoms with Gasteiger partial charge in [-0.2, -0.15) is 0 Å². The van der Waals surface area contributed by atoms with E-state index in [2.05, 4.69) is 35.2 Å². The Balaban J connectivity index is 1.94. The number of aliphatic hydroxyl groups excluding tert-OH is 1. The molecule has 1 fully saturated rings. The summed E-state index contributed by atoms with van der Waals surface area (Å²) < 4.78 is 0. The number of benzene rings is 1. The first-order valence-corrected chi connectivity index (χ1v) is 5.74. The molecule has 0 aliphatic carbocycles. The summed E-state index contributed by atoms with van der Waals surface area (Å²) in [5, 5.41) is 9.46. The summed E-state index contributed by atoms with van der Waals surface area (Å²) in [4.78, 5) is 2.14. The lowest BCUT2D eigenvalue weighted by atomic mass is 9.89. The highest BCUT2D eigenvalue weighted by atomic mass is 16.3. The summed E-state index contributed by atoms with van der Waals surface area (Å²) >= 11 is 0. The van der Waals surface area contributed by atoms with Gasteiger partial charge in [0, 0.05) is 13.1 Å². The van der Waals surface area contributed by atoms with Crippen LogP contribution < -0.4 is 0 Å². The predicted molar refractivity (Wildman–Crippen MR) is 61.7 cm³/mol. The summed E-state index contributed by atoms with van der Waals surface area (Å²) in [6, 6.07) is 10.7. The third-order valence-corrected chi connectivity index (χ3v) is 3.33. The van der Waals surface area contributed by atoms with Crippen molar-refractivity contribution in [3.05, 3.63) is 35.9 Å². The highest BCUT2D eigenvalue weighted by Gasteiger charge is 2.22. The molecule has 1 saturated heterocycles. The molecule has 0 bridgehead atoms. The Morgan fingerprint density at radius 1 is 1.20 bits per heavy atom. The quantitative estimate of drug-likeness (QED) is 0.800. The van der Waals surface area contributed by atoms with Gasteiger partial charge in [0.05, 0.1) is 0 Å². The lowest BCUT2D eigenvalue weighted by Crippen LogP contribution is -2.39. The van der Waals surface area contributed by atoms with E-state index in [1.54, 1.807) is 0 Å². The van der Waals surface area contributed by atoms with Gasteiger partial charge in [-0.25, -0.2) is 0 Å².